The van der Waals surface area contributed by atoms with Gasteiger partial charge in [-0.1, -0.05) is 0 Å². The van der Waals surface area contributed by atoms with E-state index in [9.17, 15) is 4.39 Å². The summed E-state index contributed by atoms with van der Waals surface area (Å²) in [6.45, 7) is 5.24. The highest BCUT2D eigenvalue weighted by atomic mass is 19.1. The van der Waals surface area contributed by atoms with Crippen LogP contribution in [0, 0.1) is 11.7 Å². The molecule has 0 aliphatic carbocycles. The Morgan fingerprint density at radius 3 is 2.97 bits per heavy atom. The van der Waals surface area contributed by atoms with E-state index < -0.39 is 0 Å². The number of H-pyrrole nitrogens is 1. The first-order valence-corrected chi connectivity index (χ1v) is 10.2. The number of aromatic nitrogens is 4. The second kappa shape index (κ2) is 8.16. The van der Waals surface area contributed by atoms with Gasteiger partial charge in [-0.05, 0) is 76.3 Å². The summed E-state index contributed by atoms with van der Waals surface area (Å²) in [5.74, 6) is 0.111. The molecule has 1 saturated heterocycles. The van der Waals surface area contributed by atoms with Crippen LogP contribution >= 0.6 is 0 Å². The standard InChI is InChI=1S/C22H28FN5O/c1-22(2,29-3)18-13-14(6-4-10-24-18)12-15-8-9-17(23)20(26-15)19-16-7-5-11-25-21(16)28-27-19/h5,7-9,11,14,18,24H,4,6,10,12-13H2,1-3H3,(H,25,27,28). The van der Waals surface area contributed by atoms with Crippen molar-refractivity contribution in [3.63, 3.8) is 0 Å². The van der Waals surface area contributed by atoms with Crippen LogP contribution in [0.1, 0.15) is 38.8 Å². The Morgan fingerprint density at radius 1 is 1.28 bits per heavy atom. The number of ether oxygens (including phenoxy) is 1. The topological polar surface area (TPSA) is 75.7 Å². The maximum absolute atomic E-state index is 14.6. The largest absolute Gasteiger partial charge is 0.377 e. The van der Waals surface area contributed by atoms with Crippen molar-refractivity contribution in [2.45, 2.75) is 51.2 Å². The Bertz CT molecular complexity index is 986. The summed E-state index contributed by atoms with van der Waals surface area (Å²) in [7, 11) is 1.76. The van der Waals surface area contributed by atoms with Crippen LogP contribution in [0.2, 0.25) is 0 Å². The highest BCUT2D eigenvalue weighted by molar-refractivity contribution is 5.89. The molecule has 0 saturated carbocycles. The molecule has 0 amide bonds. The molecule has 29 heavy (non-hydrogen) atoms. The molecule has 3 aromatic rings. The Labute approximate surface area is 170 Å². The van der Waals surface area contributed by atoms with Gasteiger partial charge in [0.15, 0.2) is 11.5 Å². The Morgan fingerprint density at radius 2 is 2.14 bits per heavy atom. The van der Waals surface area contributed by atoms with Crippen molar-refractivity contribution in [1.29, 1.82) is 0 Å². The summed E-state index contributed by atoms with van der Waals surface area (Å²) in [5, 5.41) is 11.5. The van der Waals surface area contributed by atoms with Crippen LogP contribution in [-0.2, 0) is 11.2 Å². The highest BCUT2D eigenvalue weighted by Gasteiger charge is 2.32. The summed E-state index contributed by atoms with van der Waals surface area (Å²) in [4.78, 5) is 8.88. The van der Waals surface area contributed by atoms with Crippen molar-refractivity contribution < 1.29 is 9.13 Å². The summed E-state index contributed by atoms with van der Waals surface area (Å²) in [6, 6.07) is 7.28. The van der Waals surface area contributed by atoms with Gasteiger partial charge in [0, 0.05) is 30.4 Å². The molecule has 1 fully saturated rings. The molecular formula is C22H28FN5O. The van der Waals surface area contributed by atoms with E-state index in [-0.39, 0.29) is 17.5 Å². The Hall–Kier alpha value is -2.38. The maximum atomic E-state index is 14.6. The SMILES string of the molecule is COC(C)(C)C1CC(Cc2ccc(F)c(-c3[nH]nc4ncccc34)n2)CCCN1. The van der Waals surface area contributed by atoms with E-state index in [2.05, 4.69) is 39.3 Å². The molecule has 4 heterocycles. The van der Waals surface area contributed by atoms with Gasteiger partial charge >= 0.3 is 0 Å². The van der Waals surface area contributed by atoms with Crippen LogP contribution in [0.25, 0.3) is 22.4 Å². The van der Waals surface area contributed by atoms with E-state index in [1.165, 1.54) is 6.07 Å². The zero-order chi connectivity index (χ0) is 20.4. The minimum atomic E-state index is -0.357. The fourth-order valence-corrected chi connectivity index (χ4v) is 4.16. The second-order valence-electron chi connectivity index (χ2n) is 8.37. The molecular weight excluding hydrogens is 369 g/mol. The molecule has 0 spiro atoms. The van der Waals surface area contributed by atoms with E-state index >= 15 is 0 Å². The molecule has 0 bridgehead atoms. The number of halogens is 1. The molecule has 0 aromatic carbocycles. The molecule has 2 unspecified atom stereocenters. The van der Waals surface area contributed by atoms with Crippen molar-refractivity contribution in [1.82, 2.24) is 25.5 Å². The molecule has 6 nitrogen and oxygen atoms in total. The van der Waals surface area contributed by atoms with Gasteiger partial charge in [0.1, 0.15) is 5.69 Å². The molecule has 0 radical (unpaired) electrons. The fourth-order valence-electron chi connectivity index (χ4n) is 4.16. The Kier molecular flexibility index (Phi) is 5.61. The van der Waals surface area contributed by atoms with E-state index in [1.54, 1.807) is 19.4 Å². The number of hydrogen-bond donors (Lipinski definition) is 2. The first-order valence-electron chi connectivity index (χ1n) is 10.2. The number of nitrogens with one attached hydrogen (secondary N) is 2. The fraction of sp³-hybridized carbons (Fsp3) is 0.500. The number of hydrogen-bond acceptors (Lipinski definition) is 5. The number of fused-ring (bicyclic) bond motifs is 1. The third-order valence-corrected chi connectivity index (χ3v) is 6.08. The monoisotopic (exact) mass is 397 g/mol. The summed E-state index contributed by atoms with van der Waals surface area (Å²) in [6.07, 6.45) is 5.73. The van der Waals surface area contributed by atoms with Crippen LogP contribution < -0.4 is 5.32 Å². The lowest BCUT2D eigenvalue weighted by molar-refractivity contribution is -0.0144. The molecule has 4 rings (SSSR count). The summed E-state index contributed by atoms with van der Waals surface area (Å²) >= 11 is 0. The first kappa shape index (κ1) is 19.9. The van der Waals surface area contributed by atoms with Gasteiger partial charge in [-0.15, -0.1) is 0 Å². The number of nitrogens with zero attached hydrogens (tertiary/aromatic N) is 3. The summed E-state index contributed by atoms with van der Waals surface area (Å²) in [5.41, 5.74) is 2.11. The molecule has 1 aliphatic rings. The average Bonchev–Trinajstić information content (AvgIpc) is 3.00. The van der Waals surface area contributed by atoms with E-state index in [4.69, 9.17) is 4.74 Å². The molecule has 154 valence electrons. The number of rotatable bonds is 5. The van der Waals surface area contributed by atoms with Gasteiger partial charge in [0.05, 0.1) is 11.3 Å². The smallest absolute Gasteiger partial charge is 0.181 e. The van der Waals surface area contributed by atoms with E-state index in [0.717, 1.165) is 43.3 Å². The predicted octanol–water partition coefficient (Wildman–Crippen LogP) is 3.88. The minimum absolute atomic E-state index is 0.230. The zero-order valence-corrected chi connectivity index (χ0v) is 17.2. The van der Waals surface area contributed by atoms with E-state index in [1.807, 2.05) is 12.1 Å². The second-order valence-corrected chi connectivity index (χ2v) is 8.37. The van der Waals surface area contributed by atoms with Crippen LogP contribution in [0.3, 0.4) is 0 Å². The molecule has 2 atom stereocenters. The summed E-state index contributed by atoms with van der Waals surface area (Å²) < 4.78 is 20.3. The van der Waals surface area contributed by atoms with Gasteiger partial charge in [0.2, 0.25) is 0 Å². The maximum Gasteiger partial charge on any atom is 0.181 e. The van der Waals surface area contributed by atoms with Crippen molar-refractivity contribution >= 4 is 11.0 Å². The third kappa shape index (κ3) is 4.16. The molecule has 1 aliphatic heterocycles. The normalized spacial score (nSPS) is 20.7. The number of methoxy groups -OCH3 is 1. The van der Waals surface area contributed by atoms with Crippen LogP contribution in [0.5, 0.6) is 0 Å². The molecule has 7 heteroatoms. The lowest BCUT2D eigenvalue weighted by Gasteiger charge is -2.34. The third-order valence-electron chi connectivity index (χ3n) is 6.08. The number of pyridine rings is 2. The lowest BCUT2D eigenvalue weighted by Crippen LogP contribution is -2.48. The lowest BCUT2D eigenvalue weighted by atomic mass is 9.86. The van der Waals surface area contributed by atoms with Crippen molar-refractivity contribution in [3.8, 4) is 11.4 Å². The Balaban J connectivity index is 1.59. The van der Waals surface area contributed by atoms with Crippen LogP contribution in [0.4, 0.5) is 4.39 Å². The predicted molar refractivity (Wildman–Crippen MR) is 111 cm³/mol. The van der Waals surface area contributed by atoms with Gasteiger partial charge in [-0.25, -0.2) is 14.4 Å². The van der Waals surface area contributed by atoms with Gasteiger partial charge in [0.25, 0.3) is 0 Å². The molecule has 3 aromatic heterocycles. The zero-order valence-electron chi connectivity index (χ0n) is 17.2. The molecule has 2 N–H and O–H groups in total. The van der Waals surface area contributed by atoms with Gasteiger partial charge < -0.3 is 10.1 Å². The quantitative estimate of drug-likeness (QED) is 0.683. The first-order chi connectivity index (χ1) is 14.0. The van der Waals surface area contributed by atoms with Crippen LogP contribution in [0.15, 0.2) is 30.5 Å². The van der Waals surface area contributed by atoms with E-state index in [0.29, 0.717) is 23.0 Å². The average molecular weight is 397 g/mol. The van der Waals surface area contributed by atoms with Crippen molar-refractivity contribution in [2.75, 3.05) is 13.7 Å². The van der Waals surface area contributed by atoms with Gasteiger partial charge in [-0.2, -0.15) is 5.10 Å². The van der Waals surface area contributed by atoms with Crippen molar-refractivity contribution in [2.24, 2.45) is 5.92 Å². The van der Waals surface area contributed by atoms with Gasteiger partial charge in [-0.3, -0.25) is 5.10 Å². The van der Waals surface area contributed by atoms with Crippen LogP contribution in [-0.4, -0.2) is 45.5 Å². The highest BCUT2D eigenvalue weighted by Crippen LogP contribution is 2.30. The van der Waals surface area contributed by atoms with Crippen molar-refractivity contribution in [3.05, 3.63) is 42.0 Å². The number of aromatic amines is 1. The minimum Gasteiger partial charge on any atom is -0.377 e.